The fraction of sp³-hybridized carbons (Fsp3) is 0.500. The summed E-state index contributed by atoms with van der Waals surface area (Å²) in [6.45, 7) is 3.97. The largest absolute Gasteiger partial charge is 0.382 e. The third-order valence-corrected chi connectivity index (χ3v) is 3.08. The van der Waals surface area contributed by atoms with Gasteiger partial charge in [-0.1, -0.05) is 17.7 Å². The first-order chi connectivity index (χ1) is 7.75. The number of hydrogen-bond acceptors (Lipinski definition) is 3. The van der Waals surface area contributed by atoms with Gasteiger partial charge in [0.15, 0.2) is 0 Å². The summed E-state index contributed by atoms with van der Waals surface area (Å²) in [5.41, 5.74) is 2.13. The highest BCUT2D eigenvalue weighted by atomic mass is 35.5. The summed E-state index contributed by atoms with van der Waals surface area (Å²) in [7, 11) is 0. The van der Waals surface area contributed by atoms with Gasteiger partial charge in [0.1, 0.15) is 6.79 Å². The Kier molecular flexibility index (Phi) is 4.04. The Morgan fingerprint density at radius 2 is 2.38 bits per heavy atom. The van der Waals surface area contributed by atoms with Crippen molar-refractivity contribution in [2.75, 3.05) is 25.3 Å². The summed E-state index contributed by atoms with van der Waals surface area (Å²) in [6.07, 6.45) is 1.17. The van der Waals surface area contributed by atoms with E-state index in [0.717, 1.165) is 35.8 Å². The van der Waals surface area contributed by atoms with Crippen LogP contribution in [-0.2, 0) is 9.47 Å². The van der Waals surface area contributed by atoms with Crippen molar-refractivity contribution >= 4 is 17.3 Å². The zero-order chi connectivity index (χ0) is 11.4. The molecule has 0 aliphatic carbocycles. The summed E-state index contributed by atoms with van der Waals surface area (Å²) in [5.74, 6) is 0. The van der Waals surface area contributed by atoms with E-state index in [1.165, 1.54) is 0 Å². The van der Waals surface area contributed by atoms with Crippen LogP contribution in [0.5, 0.6) is 0 Å². The Bertz CT molecular complexity index is 351. The number of anilines is 1. The quantitative estimate of drug-likeness (QED) is 0.883. The van der Waals surface area contributed by atoms with Crippen LogP contribution in [0.3, 0.4) is 0 Å². The highest BCUT2D eigenvalue weighted by Gasteiger charge is 2.13. The summed E-state index contributed by atoms with van der Waals surface area (Å²) in [6, 6.07) is 5.98. The molecule has 1 saturated heterocycles. The van der Waals surface area contributed by atoms with Gasteiger partial charge in [0.2, 0.25) is 0 Å². The lowest BCUT2D eigenvalue weighted by atomic mass is 10.2. The summed E-state index contributed by atoms with van der Waals surface area (Å²) in [5, 5.41) is 4.11. The van der Waals surface area contributed by atoms with Gasteiger partial charge >= 0.3 is 0 Å². The molecule has 1 heterocycles. The standard InChI is InChI=1S/C12H16ClNO2/c1-9-2-3-10(6-12(9)13)14-7-11-4-5-15-8-16-11/h2-3,6,11,14H,4-5,7-8H2,1H3. The molecule has 1 unspecified atom stereocenters. The summed E-state index contributed by atoms with van der Waals surface area (Å²) < 4.78 is 10.6. The van der Waals surface area contributed by atoms with Crippen molar-refractivity contribution in [2.24, 2.45) is 0 Å². The second kappa shape index (κ2) is 5.53. The first kappa shape index (κ1) is 11.7. The highest BCUT2D eigenvalue weighted by Crippen LogP contribution is 2.20. The van der Waals surface area contributed by atoms with Gasteiger partial charge in [-0.2, -0.15) is 0 Å². The van der Waals surface area contributed by atoms with Crippen molar-refractivity contribution in [3.63, 3.8) is 0 Å². The maximum Gasteiger partial charge on any atom is 0.147 e. The van der Waals surface area contributed by atoms with E-state index in [-0.39, 0.29) is 6.10 Å². The third-order valence-electron chi connectivity index (χ3n) is 2.68. The molecule has 0 bridgehead atoms. The van der Waals surface area contributed by atoms with Crippen molar-refractivity contribution in [1.29, 1.82) is 0 Å². The normalized spacial score (nSPS) is 20.8. The average molecular weight is 242 g/mol. The summed E-state index contributed by atoms with van der Waals surface area (Å²) in [4.78, 5) is 0. The van der Waals surface area contributed by atoms with Crippen LogP contribution in [-0.4, -0.2) is 26.0 Å². The molecule has 0 spiro atoms. The second-order valence-corrected chi connectivity index (χ2v) is 4.36. The predicted molar refractivity (Wildman–Crippen MR) is 65.0 cm³/mol. The molecule has 16 heavy (non-hydrogen) atoms. The SMILES string of the molecule is Cc1ccc(NCC2CCOCO2)cc1Cl. The smallest absolute Gasteiger partial charge is 0.147 e. The Labute approximate surface area is 101 Å². The first-order valence-corrected chi connectivity index (χ1v) is 5.83. The molecule has 2 rings (SSSR count). The van der Waals surface area contributed by atoms with Gasteiger partial charge in [-0.15, -0.1) is 0 Å². The van der Waals surface area contributed by atoms with E-state index in [0.29, 0.717) is 6.79 Å². The molecule has 1 N–H and O–H groups in total. The average Bonchev–Trinajstić information content (AvgIpc) is 2.32. The molecule has 4 heteroatoms. The van der Waals surface area contributed by atoms with Crippen LogP contribution in [0.4, 0.5) is 5.69 Å². The molecular weight excluding hydrogens is 226 g/mol. The van der Waals surface area contributed by atoms with Gasteiger partial charge in [-0.05, 0) is 31.0 Å². The van der Waals surface area contributed by atoms with Gasteiger partial charge < -0.3 is 14.8 Å². The number of hydrogen-bond donors (Lipinski definition) is 1. The Hall–Kier alpha value is -0.770. The van der Waals surface area contributed by atoms with Crippen molar-refractivity contribution in [2.45, 2.75) is 19.4 Å². The number of nitrogens with one attached hydrogen (secondary N) is 1. The molecule has 1 aliphatic heterocycles. The van der Waals surface area contributed by atoms with Gasteiger partial charge in [-0.3, -0.25) is 0 Å². The number of aryl methyl sites for hydroxylation is 1. The van der Waals surface area contributed by atoms with E-state index in [1.807, 2.05) is 25.1 Å². The lowest BCUT2D eigenvalue weighted by molar-refractivity contribution is -0.133. The number of halogens is 1. The molecule has 0 saturated carbocycles. The van der Waals surface area contributed by atoms with E-state index in [4.69, 9.17) is 21.1 Å². The monoisotopic (exact) mass is 241 g/mol. The van der Waals surface area contributed by atoms with Crippen LogP contribution in [0.2, 0.25) is 5.02 Å². The minimum absolute atomic E-state index is 0.230. The van der Waals surface area contributed by atoms with Crippen LogP contribution in [0.1, 0.15) is 12.0 Å². The molecule has 0 amide bonds. The van der Waals surface area contributed by atoms with Crippen LogP contribution in [0.25, 0.3) is 0 Å². The fourth-order valence-corrected chi connectivity index (χ4v) is 1.78. The van der Waals surface area contributed by atoms with E-state index in [2.05, 4.69) is 5.32 Å². The van der Waals surface area contributed by atoms with Crippen LogP contribution >= 0.6 is 11.6 Å². The summed E-state index contributed by atoms with van der Waals surface area (Å²) >= 11 is 6.04. The molecule has 0 radical (unpaired) electrons. The van der Waals surface area contributed by atoms with E-state index in [9.17, 15) is 0 Å². The topological polar surface area (TPSA) is 30.5 Å². The van der Waals surface area contributed by atoms with Gasteiger partial charge in [-0.25, -0.2) is 0 Å². The molecule has 1 aromatic carbocycles. The van der Waals surface area contributed by atoms with Gasteiger partial charge in [0, 0.05) is 17.3 Å². The van der Waals surface area contributed by atoms with Crippen molar-refractivity contribution in [3.05, 3.63) is 28.8 Å². The molecule has 1 atom stereocenters. The first-order valence-electron chi connectivity index (χ1n) is 5.45. The van der Waals surface area contributed by atoms with Gasteiger partial charge in [0.25, 0.3) is 0 Å². The lowest BCUT2D eigenvalue weighted by Crippen LogP contribution is -2.30. The maximum atomic E-state index is 6.04. The van der Waals surface area contributed by atoms with Crippen LogP contribution < -0.4 is 5.32 Å². The van der Waals surface area contributed by atoms with Crippen LogP contribution in [0.15, 0.2) is 18.2 Å². The molecule has 88 valence electrons. The highest BCUT2D eigenvalue weighted by molar-refractivity contribution is 6.31. The maximum absolute atomic E-state index is 6.04. The second-order valence-electron chi connectivity index (χ2n) is 3.95. The Morgan fingerprint density at radius 3 is 3.06 bits per heavy atom. The zero-order valence-electron chi connectivity index (χ0n) is 9.33. The molecule has 3 nitrogen and oxygen atoms in total. The van der Waals surface area contributed by atoms with Crippen molar-refractivity contribution in [3.8, 4) is 0 Å². The van der Waals surface area contributed by atoms with Crippen molar-refractivity contribution in [1.82, 2.24) is 0 Å². The number of benzene rings is 1. The Balaban J connectivity index is 1.86. The molecule has 1 fully saturated rings. The number of rotatable bonds is 3. The minimum Gasteiger partial charge on any atom is -0.382 e. The number of ether oxygens (including phenoxy) is 2. The molecule has 1 aromatic rings. The molecule has 1 aliphatic rings. The van der Waals surface area contributed by atoms with E-state index in [1.54, 1.807) is 0 Å². The fourth-order valence-electron chi connectivity index (χ4n) is 1.60. The van der Waals surface area contributed by atoms with Gasteiger partial charge in [0.05, 0.1) is 12.7 Å². The third kappa shape index (κ3) is 3.11. The zero-order valence-corrected chi connectivity index (χ0v) is 10.1. The van der Waals surface area contributed by atoms with Crippen LogP contribution in [0, 0.1) is 6.92 Å². The molecular formula is C12H16ClNO2. The van der Waals surface area contributed by atoms with E-state index >= 15 is 0 Å². The molecule has 0 aromatic heterocycles. The lowest BCUT2D eigenvalue weighted by Gasteiger charge is -2.23. The van der Waals surface area contributed by atoms with E-state index < -0.39 is 0 Å². The Morgan fingerprint density at radius 1 is 1.50 bits per heavy atom. The predicted octanol–water partition coefficient (Wildman–Crippen LogP) is 2.82. The van der Waals surface area contributed by atoms with Crippen molar-refractivity contribution < 1.29 is 9.47 Å². The minimum atomic E-state index is 0.230.